The number of furan rings is 1. The van der Waals surface area contributed by atoms with Crippen LogP contribution in [-0.4, -0.2) is 23.7 Å². The molecule has 0 aliphatic carbocycles. The molecule has 86 valence electrons. The van der Waals surface area contributed by atoms with Gasteiger partial charge in [-0.15, -0.1) is 0 Å². The topological polar surface area (TPSA) is 45.4 Å². The second-order valence-electron chi connectivity index (χ2n) is 3.72. The summed E-state index contributed by atoms with van der Waals surface area (Å²) in [4.78, 5) is 0. The molecule has 0 radical (unpaired) electrons. The minimum atomic E-state index is -0.0249. The van der Waals surface area contributed by atoms with Crippen molar-refractivity contribution in [3.05, 3.63) is 23.7 Å². The van der Waals surface area contributed by atoms with Crippen LogP contribution in [0.25, 0.3) is 0 Å². The minimum absolute atomic E-state index is 0.0249. The van der Waals surface area contributed by atoms with E-state index in [9.17, 15) is 0 Å². The van der Waals surface area contributed by atoms with Crippen LogP contribution in [0.1, 0.15) is 18.4 Å². The summed E-state index contributed by atoms with van der Waals surface area (Å²) in [5.74, 6) is 3.36. The van der Waals surface area contributed by atoms with Crippen LogP contribution in [-0.2, 0) is 13.2 Å². The van der Waals surface area contributed by atoms with Crippen molar-refractivity contribution in [2.24, 2.45) is 5.92 Å². The van der Waals surface area contributed by atoms with Crippen molar-refractivity contribution in [2.75, 3.05) is 18.6 Å². The first kappa shape index (κ1) is 12.6. The highest BCUT2D eigenvalue weighted by molar-refractivity contribution is 7.98. The maximum absolute atomic E-state index is 8.82. The van der Waals surface area contributed by atoms with E-state index in [1.807, 2.05) is 23.9 Å². The fraction of sp³-hybridized carbons (Fsp3) is 0.636. The zero-order chi connectivity index (χ0) is 11.1. The summed E-state index contributed by atoms with van der Waals surface area (Å²) in [7, 11) is 0. The molecule has 0 bridgehead atoms. The van der Waals surface area contributed by atoms with Crippen molar-refractivity contribution in [1.82, 2.24) is 5.32 Å². The van der Waals surface area contributed by atoms with Crippen molar-refractivity contribution in [1.29, 1.82) is 0 Å². The molecule has 0 amide bonds. The van der Waals surface area contributed by atoms with Gasteiger partial charge >= 0.3 is 0 Å². The summed E-state index contributed by atoms with van der Waals surface area (Å²) in [5, 5.41) is 12.2. The molecule has 1 unspecified atom stereocenters. The molecule has 1 aromatic heterocycles. The van der Waals surface area contributed by atoms with Gasteiger partial charge in [-0.2, -0.15) is 11.8 Å². The Morgan fingerprint density at radius 1 is 1.47 bits per heavy atom. The van der Waals surface area contributed by atoms with Crippen molar-refractivity contribution in [3.8, 4) is 0 Å². The molecule has 1 aromatic rings. The fourth-order valence-corrected chi connectivity index (χ4v) is 2.07. The third-order valence-electron chi connectivity index (χ3n) is 2.12. The average Bonchev–Trinajstić information content (AvgIpc) is 2.66. The SMILES string of the molecule is CSCC(C)CNCc1ccc(CO)o1. The lowest BCUT2D eigenvalue weighted by molar-refractivity contribution is 0.242. The largest absolute Gasteiger partial charge is 0.462 e. The van der Waals surface area contributed by atoms with E-state index in [0.29, 0.717) is 11.7 Å². The Balaban J connectivity index is 2.19. The van der Waals surface area contributed by atoms with E-state index < -0.39 is 0 Å². The van der Waals surface area contributed by atoms with Crippen LogP contribution < -0.4 is 5.32 Å². The number of thioether (sulfide) groups is 1. The predicted molar refractivity (Wildman–Crippen MR) is 63.9 cm³/mol. The van der Waals surface area contributed by atoms with Gasteiger partial charge in [0.05, 0.1) is 6.54 Å². The molecule has 3 nitrogen and oxygen atoms in total. The zero-order valence-electron chi connectivity index (χ0n) is 9.32. The zero-order valence-corrected chi connectivity index (χ0v) is 10.1. The van der Waals surface area contributed by atoms with Crippen LogP contribution in [0.3, 0.4) is 0 Å². The van der Waals surface area contributed by atoms with E-state index in [4.69, 9.17) is 9.52 Å². The van der Waals surface area contributed by atoms with Gasteiger partial charge in [-0.25, -0.2) is 0 Å². The Labute approximate surface area is 95.2 Å². The van der Waals surface area contributed by atoms with Gasteiger partial charge < -0.3 is 14.8 Å². The third kappa shape index (κ3) is 4.73. The van der Waals surface area contributed by atoms with Crippen molar-refractivity contribution >= 4 is 11.8 Å². The van der Waals surface area contributed by atoms with Crippen molar-refractivity contribution in [2.45, 2.75) is 20.1 Å². The van der Waals surface area contributed by atoms with E-state index in [0.717, 1.165) is 18.8 Å². The van der Waals surface area contributed by atoms with Crippen LogP contribution in [0.4, 0.5) is 0 Å². The monoisotopic (exact) mass is 229 g/mol. The standard InChI is InChI=1S/C11H19NO2S/c1-9(8-15-2)5-12-6-10-3-4-11(7-13)14-10/h3-4,9,12-13H,5-8H2,1-2H3. The highest BCUT2D eigenvalue weighted by Gasteiger charge is 2.03. The Morgan fingerprint density at radius 2 is 2.20 bits per heavy atom. The maximum Gasteiger partial charge on any atom is 0.129 e. The number of nitrogens with one attached hydrogen (secondary N) is 1. The van der Waals surface area contributed by atoms with Crippen LogP contribution >= 0.6 is 11.8 Å². The van der Waals surface area contributed by atoms with E-state index in [2.05, 4.69) is 18.5 Å². The lowest BCUT2D eigenvalue weighted by atomic mass is 10.2. The normalized spacial score (nSPS) is 13.0. The summed E-state index contributed by atoms with van der Waals surface area (Å²) in [6.45, 7) is 3.93. The molecule has 2 N–H and O–H groups in total. The van der Waals surface area contributed by atoms with Gasteiger partial charge in [0, 0.05) is 0 Å². The number of aliphatic hydroxyl groups excluding tert-OH is 1. The quantitative estimate of drug-likeness (QED) is 0.749. The smallest absolute Gasteiger partial charge is 0.129 e. The first-order valence-corrected chi connectivity index (χ1v) is 6.53. The summed E-state index contributed by atoms with van der Waals surface area (Å²) < 4.78 is 5.36. The Hall–Kier alpha value is -0.450. The summed E-state index contributed by atoms with van der Waals surface area (Å²) >= 11 is 1.87. The highest BCUT2D eigenvalue weighted by Crippen LogP contribution is 2.08. The van der Waals surface area contributed by atoms with Crippen LogP contribution in [0, 0.1) is 5.92 Å². The van der Waals surface area contributed by atoms with Crippen LogP contribution in [0.5, 0.6) is 0 Å². The van der Waals surface area contributed by atoms with Gasteiger partial charge in [0.15, 0.2) is 0 Å². The van der Waals surface area contributed by atoms with E-state index in [1.165, 1.54) is 5.75 Å². The highest BCUT2D eigenvalue weighted by atomic mass is 32.2. The number of hydrogen-bond donors (Lipinski definition) is 2. The Kier molecular flexibility index (Phi) is 5.83. The molecule has 0 saturated carbocycles. The molecule has 0 aliphatic heterocycles. The first-order chi connectivity index (χ1) is 7.26. The third-order valence-corrected chi connectivity index (χ3v) is 3.02. The van der Waals surface area contributed by atoms with Crippen molar-refractivity contribution < 1.29 is 9.52 Å². The Bertz CT molecular complexity index is 275. The first-order valence-electron chi connectivity index (χ1n) is 5.14. The second-order valence-corrected chi connectivity index (χ2v) is 4.63. The molecule has 4 heteroatoms. The number of aliphatic hydroxyl groups is 1. The van der Waals surface area contributed by atoms with E-state index in [1.54, 1.807) is 0 Å². The van der Waals surface area contributed by atoms with Crippen molar-refractivity contribution in [3.63, 3.8) is 0 Å². The van der Waals surface area contributed by atoms with Gasteiger partial charge in [0.2, 0.25) is 0 Å². The van der Waals surface area contributed by atoms with Gasteiger partial charge in [0.1, 0.15) is 18.1 Å². The summed E-state index contributed by atoms with van der Waals surface area (Å²) in [6.07, 6.45) is 2.12. The molecule has 0 fully saturated rings. The molecule has 15 heavy (non-hydrogen) atoms. The molecule has 0 aliphatic rings. The van der Waals surface area contributed by atoms with Gasteiger partial charge in [-0.05, 0) is 36.6 Å². The lowest BCUT2D eigenvalue weighted by Crippen LogP contribution is -2.21. The molecular weight excluding hydrogens is 210 g/mol. The summed E-state index contributed by atoms with van der Waals surface area (Å²) in [5.41, 5.74) is 0. The number of rotatable bonds is 7. The van der Waals surface area contributed by atoms with Crippen LogP contribution in [0.2, 0.25) is 0 Å². The summed E-state index contributed by atoms with van der Waals surface area (Å²) in [6, 6.07) is 3.71. The average molecular weight is 229 g/mol. The van der Waals surface area contributed by atoms with Crippen LogP contribution in [0.15, 0.2) is 16.5 Å². The van der Waals surface area contributed by atoms with E-state index >= 15 is 0 Å². The van der Waals surface area contributed by atoms with E-state index in [-0.39, 0.29) is 6.61 Å². The van der Waals surface area contributed by atoms with Gasteiger partial charge in [-0.1, -0.05) is 6.92 Å². The molecule has 1 heterocycles. The Morgan fingerprint density at radius 3 is 2.80 bits per heavy atom. The van der Waals surface area contributed by atoms with Gasteiger partial charge in [0.25, 0.3) is 0 Å². The second kappa shape index (κ2) is 6.93. The minimum Gasteiger partial charge on any atom is -0.462 e. The fourth-order valence-electron chi connectivity index (χ4n) is 1.39. The molecular formula is C11H19NO2S. The predicted octanol–water partition coefficient (Wildman–Crippen LogP) is 1.86. The maximum atomic E-state index is 8.82. The molecule has 0 aromatic carbocycles. The molecule has 1 rings (SSSR count). The number of hydrogen-bond acceptors (Lipinski definition) is 4. The molecule has 0 saturated heterocycles. The lowest BCUT2D eigenvalue weighted by Gasteiger charge is -2.09. The van der Waals surface area contributed by atoms with Gasteiger partial charge in [-0.3, -0.25) is 0 Å². The molecule has 1 atom stereocenters. The molecule has 0 spiro atoms.